The van der Waals surface area contributed by atoms with Crippen LogP contribution in [-0.4, -0.2) is 26.3 Å². The van der Waals surface area contributed by atoms with Crippen molar-refractivity contribution in [2.24, 2.45) is 17.3 Å². The Balaban J connectivity index is 1.69. The van der Waals surface area contributed by atoms with Crippen molar-refractivity contribution in [1.82, 2.24) is 5.32 Å². The van der Waals surface area contributed by atoms with Gasteiger partial charge in [0.2, 0.25) is 0 Å². The summed E-state index contributed by atoms with van der Waals surface area (Å²) in [6, 6.07) is 0.741. The molecule has 1 fully saturated rings. The molecule has 2 heteroatoms. The van der Waals surface area contributed by atoms with Crippen LogP contribution in [0, 0.1) is 17.3 Å². The van der Waals surface area contributed by atoms with Gasteiger partial charge in [-0.2, -0.15) is 0 Å². The Morgan fingerprint density at radius 2 is 2.25 bits per heavy atom. The van der Waals surface area contributed by atoms with E-state index in [2.05, 4.69) is 31.3 Å². The van der Waals surface area contributed by atoms with Crippen molar-refractivity contribution in [2.45, 2.75) is 39.2 Å². The summed E-state index contributed by atoms with van der Waals surface area (Å²) >= 11 is 0. The second kappa shape index (κ2) is 4.89. The van der Waals surface area contributed by atoms with Crippen molar-refractivity contribution in [3.8, 4) is 0 Å². The van der Waals surface area contributed by atoms with Crippen LogP contribution >= 0.6 is 0 Å². The van der Waals surface area contributed by atoms with Gasteiger partial charge in [0, 0.05) is 26.3 Å². The van der Waals surface area contributed by atoms with Crippen molar-refractivity contribution < 1.29 is 4.74 Å². The largest absolute Gasteiger partial charge is 0.385 e. The molecule has 2 nitrogen and oxygen atoms in total. The maximum Gasteiger partial charge on any atom is 0.0467 e. The summed E-state index contributed by atoms with van der Waals surface area (Å²) in [5.41, 5.74) is 0.351. The van der Waals surface area contributed by atoms with Crippen LogP contribution in [0.3, 0.4) is 0 Å². The zero-order valence-electron chi connectivity index (χ0n) is 10.8. The highest BCUT2D eigenvalue weighted by molar-refractivity contribution is 5.12. The molecule has 1 N–H and O–H groups in total. The molecule has 0 amide bonds. The third-order valence-electron chi connectivity index (χ3n) is 4.19. The number of allylic oxidation sites excluding steroid dienone is 1. The lowest BCUT2D eigenvalue weighted by molar-refractivity contribution is 0.123. The minimum Gasteiger partial charge on any atom is -0.385 e. The van der Waals surface area contributed by atoms with E-state index < -0.39 is 0 Å². The van der Waals surface area contributed by atoms with E-state index in [1.54, 1.807) is 7.11 Å². The van der Waals surface area contributed by atoms with Gasteiger partial charge in [-0.1, -0.05) is 26.0 Å². The van der Waals surface area contributed by atoms with Crippen molar-refractivity contribution in [1.29, 1.82) is 0 Å². The summed E-state index contributed by atoms with van der Waals surface area (Å²) in [5, 5.41) is 3.73. The number of ether oxygens (including phenoxy) is 1. The zero-order chi connectivity index (χ0) is 11.6. The maximum atomic E-state index is 5.16. The van der Waals surface area contributed by atoms with Gasteiger partial charge in [-0.3, -0.25) is 0 Å². The second-order valence-corrected chi connectivity index (χ2v) is 6.13. The summed E-state index contributed by atoms with van der Waals surface area (Å²) in [4.78, 5) is 0. The van der Waals surface area contributed by atoms with Gasteiger partial charge in [-0.25, -0.2) is 0 Å². The lowest BCUT2D eigenvalue weighted by Crippen LogP contribution is -2.50. The quantitative estimate of drug-likeness (QED) is 0.699. The first-order chi connectivity index (χ1) is 7.62. The van der Waals surface area contributed by atoms with Gasteiger partial charge in [0.25, 0.3) is 0 Å². The third-order valence-corrected chi connectivity index (χ3v) is 4.19. The lowest BCUT2D eigenvalue weighted by atomic mass is 9.71. The van der Waals surface area contributed by atoms with Crippen LogP contribution in [0.2, 0.25) is 0 Å². The van der Waals surface area contributed by atoms with Gasteiger partial charge < -0.3 is 10.1 Å². The molecule has 2 aliphatic carbocycles. The van der Waals surface area contributed by atoms with E-state index in [1.807, 2.05) is 0 Å². The van der Waals surface area contributed by atoms with Crippen LogP contribution in [0.25, 0.3) is 0 Å². The number of methoxy groups -OCH3 is 1. The first-order valence-corrected chi connectivity index (χ1v) is 6.51. The molecule has 0 bridgehead atoms. The summed E-state index contributed by atoms with van der Waals surface area (Å²) in [5.74, 6) is 1.79. The average Bonchev–Trinajstić information content (AvgIpc) is 2.58. The molecule has 0 spiro atoms. The normalized spacial score (nSPS) is 32.6. The Morgan fingerprint density at radius 3 is 2.94 bits per heavy atom. The highest BCUT2D eigenvalue weighted by atomic mass is 16.5. The fraction of sp³-hybridized carbons (Fsp3) is 0.857. The molecule has 0 heterocycles. The molecule has 0 aromatic heterocycles. The van der Waals surface area contributed by atoms with Crippen LogP contribution in [0.5, 0.6) is 0 Å². The SMILES string of the molecule is COCCC(C)(C)CNC1CC2CC=CC21. The van der Waals surface area contributed by atoms with Crippen molar-refractivity contribution >= 4 is 0 Å². The standard InChI is InChI=1S/C14H25NO/c1-14(2,7-8-16-3)10-15-13-9-11-5-4-6-12(11)13/h4,6,11-13,15H,5,7-10H2,1-3H3. The monoisotopic (exact) mass is 223 g/mol. The second-order valence-electron chi connectivity index (χ2n) is 6.13. The highest BCUT2D eigenvalue weighted by Gasteiger charge is 2.41. The number of hydrogen-bond acceptors (Lipinski definition) is 2. The number of nitrogens with one attached hydrogen (secondary N) is 1. The summed E-state index contributed by atoms with van der Waals surface area (Å²) in [7, 11) is 1.78. The predicted molar refractivity (Wildman–Crippen MR) is 67.4 cm³/mol. The molecule has 16 heavy (non-hydrogen) atoms. The number of hydrogen-bond donors (Lipinski definition) is 1. The van der Waals surface area contributed by atoms with E-state index in [-0.39, 0.29) is 0 Å². The minimum atomic E-state index is 0.351. The van der Waals surface area contributed by atoms with Crippen molar-refractivity contribution in [2.75, 3.05) is 20.3 Å². The molecule has 0 aliphatic heterocycles. The molecule has 0 aromatic rings. The Bertz CT molecular complexity index is 259. The summed E-state index contributed by atoms with van der Waals surface area (Å²) < 4.78 is 5.16. The van der Waals surface area contributed by atoms with Gasteiger partial charge in [0.05, 0.1) is 0 Å². The Morgan fingerprint density at radius 1 is 1.44 bits per heavy atom. The van der Waals surface area contributed by atoms with Crippen molar-refractivity contribution in [3.63, 3.8) is 0 Å². The molecule has 0 aromatic carbocycles. The van der Waals surface area contributed by atoms with Crippen LogP contribution in [-0.2, 0) is 4.74 Å². The van der Waals surface area contributed by atoms with E-state index in [4.69, 9.17) is 4.74 Å². The summed E-state index contributed by atoms with van der Waals surface area (Å²) in [6.07, 6.45) is 8.59. The van der Waals surface area contributed by atoms with Gasteiger partial charge in [0.15, 0.2) is 0 Å². The Kier molecular flexibility index (Phi) is 3.70. The fourth-order valence-electron chi connectivity index (χ4n) is 2.82. The predicted octanol–water partition coefficient (Wildman–Crippen LogP) is 2.60. The molecule has 0 radical (unpaired) electrons. The fourth-order valence-corrected chi connectivity index (χ4v) is 2.82. The van der Waals surface area contributed by atoms with E-state index in [9.17, 15) is 0 Å². The Labute approximate surface area is 99.4 Å². The highest BCUT2D eigenvalue weighted by Crippen LogP contribution is 2.42. The van der Waals surface area contributed by atoms with Gasteiger partial charge in [-0.15, -0.1) is 0 Å². The van der Waals surface area contributed by atoms with E-state index in [0.29, 0.717) is 5.41 Å². The molecule has 92 valence electrons. The first kappa shape index (κ1) is 12.1. The molecular formula is C14H25NO. The number of fused-ring (bicyclic) bond motifs is 1. The van der Waals surface area contributed by atoms with Crippen LogP contribution in [0.1, 0.15) is 33.1 Å². The third kappa shape index (κ3) is 2.67. The van der Waals surface area contributed by atoms with Crippen molar-refractivity contribution in [3.05, 3.63) is 12.2 Å². The molecular weight excluding hydrogens is 198 g/mol. The van der Waals surface area contributed by atoms with Crippen LogP contribution < -0.4 is 5.32 Å². The van der Waals surface area contributed by atoms with Crippen LogP contribution in [0.15, 0.2) is 12.2 Å². The van der Waals surface area contributed by atoms with Gasteiger partial charge in [0.1, 0.15) is 0 Å². The van der Waals surface area contributed by atoms with Gasteiger partial charge >= 0.3 is 0 Å². The van der Waals surface area contributed by atoms with E-state index in [1.165, 1.54) is 12.8 Å². The maximum absolute atomic E-state index is 5.16. The summed E-state index contributed by atoms with van der Waals surface area (Å²) in [6.45, 7) is 6.61. The van der Waals surface area contributed by atoms with Crippen LogP contribution in [0.4, 0.5) is 0 Å². The topological polar surface area (TPSA) is 21.3 Å². The average molecular weight is 223 g/mol. The smallest absolute Gasteiger partial charge is 0.0467 e. The number of rotatable bonds is 6. The molecule has 0 saturated heterocycles. The molecule has 2 rings (SSSR count). The first-order valence-electron chi connectivity index (χ1n) is 6.51. The zero-order valence-corrected chi connectivity index (χ0v) is 10.8. The molecule has 2 aliphatic rings. The van der Waals surface area contributed by atoms with Gasteiger partial charge in [-0.05, 0) is 36.5 Å². The molecule has 1 saturated carbocycles. The van der Waals surface area contributed by atoms with E-state index in [0.717, 1.165) is 37.5 Å². The molecule has 3 unspecified atom stereocenters. The lowest BCUT2D eigenvalue weighted by Gasteiger charge is -2.42. The minimum absolute atomic E-state index is 0.351. The molecule has 3 atom stereocenters. The van der Waals surface area contributed by atoms with E-state index >= 15 is 0 Å². The Hall–Kier alpha value is -0.340.